The second-order valence-corrected chi connectivity index (χ2v) is 5.65. The summed E-state index contributed by atoms with van der Waals surface area (Å²) in [5, 5.41) is 6.48. The quantitative estimate of drug-likeness (QED) is 0.881. The first kappa shape index (κ1) is 13.6. The Morgan fingerprint density at radius 3 is 2.85 bits per heavy atom. The molecule has 0 radical (unpaired) electrons. The van der Waals surface area contributed by atoms with E-state index in [2.05, 4.69) is 22.8 Å². The van der Waals surface area contributed by atoms with Gasteiger partial charge in [-0.3, -0.25) is 4.79 Å². The molecule has 2 fully saturated rings. The molecule has 3 atom stereocenters. The van der Waals surface area contributed by atoms with Gasteiger partial charge in [-0.25, -0.2) is 0 Å². The van der Waals surface area contributed by atoms with E-state index in [1.165, 1.54) is 0 Å². The zero-order valence-electron chi connectivity index (χ0n) is 11.7. The van der Waals surface area contributed by atoms with E-state index in [9.17, 15) is 4.79 Å². The number of amides is 1. The summed E-state index contributed by atoms with van der Waals surface area (Å²) >= 11 is 0. The summed E-state index contributed by atoms with van der Waals surface area (Å²) in [6.45, 7) is 2.55. The first-order chi connectivity index (χ1) is 9.84. The van der Waals surface area contributed by atoms with Crippen LogP contribution >= 0.6 is 0 Å². The minimum atomic E-state index is -0.00306. The molecule has 3 rings (SSSR count). The highest BCUT2D eigenvalue weighted by atomic mass is 16.5. The monoisotopic (exact) mass is 274 g/mol. The maximum atomic E-state index is 12.3. The Bertz CT molecular complexity index is 443. The molecule has 2 N–H and O–H groups in total. The first-order valence-corrected chi connectivity index (χ1v) is 7.52. The van der Waals surface area contributed by atoms with Crippen LogP contribution in [0.15, 0.2) is 30.3 Å². The average molecular weight is 274 g/mol. The van der Waals surface area contributed by atoms with Crippen LogP contribution in [0.25, 0.3) is 0 Å². The van der Waals surface area contributed by atoms with Crippen molar-refractivity contribution in [3.05, 3.63) is 35.9 Å². The predicted octanol–water partition coefficient (Wildman–Crippen LogP) is 1.63. The minimum absolute atomic E-state index is 0.00306. The lowest BCUT2D eigenvalue weighted by atomic mass is 9.97. The van der Waals surface area contributed by atoms with Crippen molar-refractivity contribution in [2.24, 2.45) is 5.92 Å². The highest BCUT2D eigenvalue weighted by Crippen LogP contribution is 2.29. The lowest BCUT2D eigenvalue weighted by Gasteiger charge is -2.26. The molecule has 108 valence electrons. The highest BCUT2D eigenvalue weighted by molar-refractivity contribution is 5.79. The van der Waals surface area contributed by atoms with Gasteiger partial charge in [-0.1, -0.05) is 30.3 Å². The molecule has 1 aromatic rings. The fourth-order valence-electron chi connectivity index (χ4n) is 3.08. The van der Waals surface area contributed by atoms with Gasteiger partial charge in [0, 0.05) is 13.2 Å². The number of nitrogens with one attached hydrogen (secondary N) is 2. The van der Waals surface area contributed by atoms with Crippen molar-refractivity contribution in [3.8, 4) is 0 Å². The number of carbonyl (C=O) groups is 1. The van der Waals surface area contributed by atoms with Gasteiger partial charge < -0.3 is 15.4 Å². The van der Waals surface area contributed by atoms with Gasteiger partial charge in [0.05, 0.1) is 12.0 Å². The van der Waals surface area contributed by atoms with E-state index in [0.717, 1.165) is 37.9 Å². The van der Waals surface area contributed by atoms with Crippen LogP contribution in [0.4, 0.5) is 0 Å². The van der Waals surface area contributed by atoms with Crippen LogP contribution in [0.3, 0.4) is 0 Å². The molecule has 1 aromatic carbocycles. The number of ether oxygens (including phenoxy) is 1. The molecule has 2 aliphatic heterocycles. The Morgan fingerprint density at radius 2 is 2.10 bits per heavy atom. The fraction of sp³-hybridized carbons (Fsp3) is 0.562. The lowest BCUT2D eigenvalue weighted by molar-refractivity contribution is -0.126. The maximum Gasteiger partial charge on any atom is 0.224 e. The summed E-state index contributed by atoms with van der Waals surface area (Å²) in [7, 11) is 0. The van der Waals surface area contributed by atoms with Crippen LogP contribution in [0.2, 0.25) is 0 Å². The van der Waals surface area contributed by atoms with Gasteiger partial charge in [0.1, 0.15) is 6.10 Å². The van der Waals surface area contributed by atoms with Crippen molar-refractivity contribution < 1.29 is 9.53 Å². The third-order valence-corrected chi connectivity index (χ3v) is 4.22. The summed E-state index contributed by atoms with van der Waals surface area (Å²) in [4.78, 5) is 12.3. The van der Waals surface area contributed by atoms with Crippen molar-refractivity contribution in [1.82, 2.24) is 10.6 Å². The smallest absolute Gasteiger partial charge is 0.224 e. The number of hydrogen-bond acceptors (Lipinski definition) is 3. The molecule has 20 heavy (non-hydrogen) atoms. The second-order valence-electron chi connectivity index (χ2n) is 5.65. The molecule has 4 heteroatoms. The van der Waals surface area contributed by atoms with Crippen LogP contribution in [0.1, 0.15) is 30.9 Å². The molecule has 0 aliphatic carbocycles. The van der Waals surface area contributed by atoms with Gasteiger partial charge in [-0.2, -0.15) is 0 Å². The van der Waals surface area contributed by atoms with Gasteiger partial charge in [-0.05, 0) is 31.4 Å². The van der Waals surface area contributed by atoms with Crippen molar-refractivity contribution in [3.63, 3.8) is 0 Å². The van der Waals surface area contributed by atoms with E-state index in [-0.39, 0.29) is 24.0 Å². The standard InChI is InChI=1S/C16H22N2O2/c19-16(13-7-4-9-17-11-13)18-14-8-10-20-15(14)12-5-2-1-3-6-12/h1-3,5-6,13-15,17H,4,7-11H2,(H,18,19). The third-order valence-electron chi connectivity index (χ3n) is 4.22. The van der Waals surface area contributed by atoms with Crippen LogP contribution in [-0.2, 0) is 9.53 Å². The maximum absolute atomic E-state index is 12.3. The SMILES string of the molecule is O=C(NC1CCOC1c1ccccc1)C1CCCNC1. The van der Waals surface area contributed by atoms with Crippen LogP contribution in [-0.4, -0.2) is 31.6 Å². The van der Waals surface area contributed by atoms with Gasteiger partial charge >= 0.3 is 0 Å². The van der Waals surface area contributed by atoms with E-state index in [1.807, 2.05) is 18.2 Å². The van der Waals surface area contributed by atoms with E-state index in [4.69, 9.17) is 4.74 Å². The Balaban J connectivity index is 1.62. The van der Waals surface area contributed by atoms with Crippen LogP contribution in [0, 0.1) is 5.92 Å². The van der Waals surface area contributed by atoms with Gasteiger partial charge in [0.25, 0.3) is 0 Å². The van der Waals surface area contributed by atoms with Crippen molar-refractivity contribution in [1.29, 1.82) is 0 Å². The molecule has 1 amide bonds. The highest BCUT2D eigenvalue weighted by Gasteiger charge is 2.32. The van der Waals surface area contributed by atoms with Crippen molar-refractivity contribution >= 4 is 5.91 Å². The number of benzene rings is 1. The Labute approximate surface area is 119 Å². The molecular formula is C16H22N2O2. The lowest BCUT2D eigenvalue weighted by Crippen LogP contribution is -2.45. The molecule has 4 nitrogen and oxygen atoms in total. The summed E-state index contributed by atoms with van der Waals surface area (Å²) < 4.78 is 5.81. The summed E-state index contributed by atoms with van der Waals surface area (Å²) in [5.74, 6) is 0.286. The molecule has 0 aromatic heterocycles. The fourth-order valence-corrected chi connectivity index (χ4v) is 3.08. The average Bonchev–Trinajstić information content (AvgIpc) is 2.97. The largest absolute Gasteiger partial charge is 0.371 e. The van der Waals surface area contributed by atoms with Gasteiger partial charge in [0.2, 0.25) is 5.91 Å². The summed E-state index contributed by atoms with van der Waals surface area (Å²) in [6, 6.07) is 10.3. The second kappa shape index (κ2) is 6.37. The molecule has 0 bridgehead atoms. The van der Waals surface area contributed by atoms with E-state index in [0.29, 0.717) is 6.61 Å². The molecule has 2 heterocycles. The number of piperidine rings is 1. The molecular weight excluding hydrogens is 252 g/mol. The van der Waals surface area contributed by atoms with Crippen molar-refractivity contribution in [2.75, 3.05) is 19.7 Å². The van der Waals surface area contributed by atoms with Crippen LogP contribution < -0.4 is 10.6 Å². The summed E-state index contributed by atoms with van der Waals surface area (Å²) in [5.41, 5.74) is 1.15. The Hall–Kier alpha value is -1.39. The van der Waals surface area contributed by atoms with E-state index >= 15 is 0 Å². The van der Waals surface area contributed by atoms with Gasteiger partial charge in [-0.15, -0.1) is 0 Å². The zero-order valence-corrected chi connectivity index (χ0v) is 11.7. The zero-order chi connectivity index (χ0) is 13.8. The first-order valence-electron chi connectivity index (χ1n) is 7.52. The Morgan fingerprint density at radius 1 is 1.25 bits per heavy atom. The normalized spacial score (nSPS) is 30.1. The number of hydrogen-bond donors (Lipinski definition) is 2. The van der Waals surface area contributed by atoms with Crippen molar-refractivity contribution in [2.45, 2.75) is 31.4 Å². The molecule has 2 saturated heterocycles. The number of carbonyl (C=O) groups excluding carboxylic acids is 1. The molecule has 0 saturated carbocycles. The van der Waals surface area contributed by atoms with E-state index in [1.54, 1.807) is 0 Å². The van der Waals surface area contributed by atoms with Gasteiger partial charge in [0.15, 0.2) is 0 Å². The minimum Gasteiger partial charge on any atom is -0.371 e. The topological polar surface area (TPSA) is 50.4 Å². The molecule has 3 unspecified atom stereocenters. The molecule has 2 aliphatic rings. The molecule has 0 spiro atoms. The van der Waals surface area contributed by atoms with Crippen LogP contribution in [0.5, 0.6) is 0 Å². The third kappa shape index (κ3) is 3.02. The predicted molar refractivity (Wildman–Crippen MR) is 77.3 cm³/mol. The Kier molecular flexibility index (Phi) is 4.33. The summed E-state index contributed by atoms with van der Waals surface area (Å²) in [6.07, 6.45) is 2.96. The van der Waals surface area contributed by atoms with E-state index < -0.39 is 0 Å². The number of rotatable bonds is 3.